The van der Waals surface area contributed by atoms with Crippen LogP contribution < -0.4 is 21.3 Å². The summed E-state index contributed by atoms with van der Waals surface area (Å²) in [4.78, 5) is 2.72. The van der Waals surface area contributed by atoms with Crippen molar-refractivity contribution in [2.24, 2.45) is 17.3 Å². The van der Waals surface area contributed by atoms with Gasteiger partial charge < -0.3 is 4.90 Å². The molecule has 3 saturated carbocycles. The van der Waals surface area contributed by atoms with Crippen LogP contribution in [0.4, 0.5) is 17.1 Å². The van der Waals surface area contributed by atoms with Crippen LogP contribution in [0.5, 0.6) is 0 Å². The number of hydrogen-bond donors (Lipinski definition) is 0. The van der Waals surface area contributed by atoms with Gasteiger partial charge in [0.2, 0.25) is 6.71 Å². The third kappa shape index (κ3) is 2.74. The van der Waals surface area contributed by atoms with Crippen LogP contribution in [-0.2, 0) is 5.41 Å². The normalized spacial score (nSPS) is 27.1. The number of benzene rings is 6. The molecule has 13 rings (SSSR count). The zero-order valence-electron chi connectivity index (χ0n) is 28.0. The Morgan fingerprint density at radius 1 is 0.604 bits per heavy atom. The van der Waals surface area contributed by atoms with Gasteiger partial charge in [0.25, 0.3) is 0 Å². The van der Waals surface area contributed by atoms with Gasteiger partial charge in [0.05, 0.1) is 5.69 Å². The van der Waals surface area contributed by atoms with Crippen LogP contribution >= 0.6 is 0 Å². The van der Waals surface area contributed by atoms with Gasteiger partial charge in [0.15, 0.2) is 0 Å². The fraction of sp³-hybridized carbons (Fsp3) is 0.304. The molecular formula is C46H38BN. The van der Waals surface area contributed by atoms with Gasteiger partial charge in [-0.3, -0.25) is 0 Å². The van der Waals surface area contributed by atoms with E-state index in [-0.39, 0.29) is 12.1 Å². The predicted molar refractivity (Wildman–Crippen MR) is 202 cm³/mol. The van der Waals surface area contributed by atoms with Crippen LogP contribution in [0.3, 0.4) is 0 Å². The topological polar surface area (TPSA) is 3.24 Å². The number of anilines is 3. The Bertz CT molecular complexity index is 2420. The number of nitrogens with zero attached hydrogens (tertiary/aromatic N) is 1. The summed E-state index contributed by atoms with van der Waals surface area (Å²) in [5, 5.41) is 5.55. The van der Waals surface area contributed by atoms with Crippen molar-refractivity contribution >= 4 is 61.7 Å². The van der Waals surface area contributed by atoms with Gasteiger partial charge in [0, 0.05) is 33.3 Å². The van der Waals surface area contributed by atoms with E-state index < -0.39 is 0 Å². The fourth-order valence-corrected chi connectivity index (χ4v) is 12.9. The van der Waals surface area contributed by atoms with Crippen molar-refractivity contribution in [3.63, 3.8) is 0 Å². The monoisotopic (exact) mass is 615 g/mol. The van der Waals surface area contributed by atoms with Crippen LogP contribution in [0, 0.1) is 17.3 Å². The number of rotatable bonds is 1. The molecule has 48 heavy (non-hydrogen) atoms. The first-order valence-corrected chi connectivity index (χ1v) is 18.6. The first-order chi connectivity index (χ1) is 23.4. The highest BCUT2D eigenvalue weighted by molar-refractivity contribution is 6.98. The molecule has 1 nitrogen and oxygen atoms in total. The van der Waals surface area contributed by atoms with Gasteiger partial charge in [-0.2, -0.15) is 0 Å². The van der Waals surface area contributed by atoms with Crippen molar-refractivity contribution in [1.82, 2.24) is 0 Å². The molecule has 7 aliphatic rings. The number of hydrogen-bond acceptors (Lipinski definition) is 1. The van der Waals surface area contributed by atoms with Crippen molar-refractivity contribution in [2.75, 3.05) is 4.90 Å². The van der Waals surface area contributed by atoms with Crippen LogP contribution in [0.2, 0.25) is 0 Å². The number of fused-ring (bicyclic) bond motifs is 7. The van der Waals surface area contributed by atoms with E-state index in [1.54, 1.807) is 11.1 Å². The Hall–Kier alpha value is -4.30. The SMILES string of the molecule is CC(C)(C)c1cc2c3c(c1)-c1cccc4ccc5c(c14)N3c1c(ccc3cccc-2c13)B5c1ccc2c(c1)C1CC3CC4CC2CC43C1. The molecule has 5 unspecified atom stereocenters. The third-order valence-electron chi connectivity index (χ3n) is 14.9. The Kier molecular flexibility index (Phi) is 4.25. The highest BCUT2D eigenvalue weighted by Gasteiger charge is 2.65. The van der Waals surface area contributed by atoms with Gasteiger partial charge in [-0.25, -0.2) is 0 Å². The molecule has 6 aromatic carbocycles. The lowest BCUT2D eigenvalue weighted by atomic mass is 9.34. The molecule has 3 heterocycles. The maximum Gasteiger partial charge on any atom is 0.246 e. The lowest BCUT2D eigenvalue weighted by Gasteiger charge is -2.48. The highest BCUT2D eigenvalue weighted by Crippen LogP contribution is 2.76. The first-order valence-electron chi connectivity index (χ1n) is 18.6. The zero-order valence-corrected chi connectivity index (χ0v) is 28.0. The van der Waals surface area contributed by atoms with Crippen molar-refractivity contribution < 1.29 is 0 Å². The summed E-state index contributed by atoms with van der Waals surface area (Å²) in [6.07, 6.45) is 7.32. The van der Waals surface area contributed by atoms with Gasteiger partial charge in [0.1, 0.15) is 0 Å². The molecule has 0 N–H and O–H groups in total. The van der Waals surface area contributed by atoms with Crippen LogP contribution in [0.15, 0.2) is 91.0 Å². The zero-order chi connectivity index (χ0) is 31.4. The Morgan fingerprint density at radius 2 is 1.21 bits per heavy atom. The summed E-state index contributed by atoms with van der Waals surface area (Å²) in [5.74, 6) is 3.56. The first kappa shape index (κ1) is 25.7. The minimum Gasteiger partial charge on any atom is -0.309 e. The van der Waals surface area contributed by atoms with Crippen LogP contribution in [0.25, 0.3) is 43.8 Å². The second kappa shape index (κ2) is 7.94. The second-order valence-corrected chi connectivity index (χ2v) is 17.8. The average Bonchev–Trinajstić information content (AvgIpc) is 3.52. The lowest BCUT2D eigenvalue weighted by Crippen LogP contribution is -2.58. The largest absolute Gasteiger partial charge is 0.309 e. The summed E-state index contributed by atoms with van der Waals surface area (Å²) in [6.45, 7) is 7.29. The third-order valence-corrected chi connectivity index (χ3v) is 14.9. The average molecular weight is 616 g/mol. The van der Waals surface area contributed by atoms with E-state index in [1.165, 1.54) is 115 Å². The molecular weight excluding hydrogens is 577 g/mol. The molecule has 3 bridgehead atoms. The Labute approximate surface area is 283 Å². The van der Waals surface area contributed by atoms with Crippen molar-refractivity contribution in [3.05, 3.63) is 108 Å². The lowest BCUT2D eigenvalue weighted by molar-refractivity contribution is 0.00322. The van der Waals surface area contributed by atoms with E-state index in [0.717, 1.165) is 23.7 Å². The molecule has 0 radical (unpaired) electrons. The van der Waals surface area contributed by atoms with Gasteiger partial charge in [-0.15, -0.1) is 0 Å². The molecule has 3 fully saturated rings. The van der Waals surface area contributed by atoms with Gasteiger partial charge in [-0.05, 0) is 128 Å². The van der Waals surface area contributed by atoms with E-state index in [0.29, 0.717) is 5.41 Å². The smallest absolute Gasteiger partial charge is 0.246 e. The molecule has 6 aromatic rings. The molecule has 5 atom stereocenters. The molecule has 0 amide bonds. The standard InChI is InChI=1S/C46H38BN/c1-45(2,3)28-19-36-33-8-4-6-24-10-14-38-43(40(24)33)48-42(36)37(20-28)34-9-5-7-25-11-15-39(44(48)41(25)34)47(38)31-12-13-32-26-16-29-18-30-17-27(35(32)21-31)23-46(29,30)22-26/h4-15,19-21,26-27,29-30H,16-18,22-23H2,1-3H3. The Morgan fingerprint density at radius 3 is 1.81 bits per heavy atom. The highest BCUT2D eigenvalue weighted by atomic mass is 15.2. The van der Waals surface area contributed by atoms with E-state index >= 15 is 0 Å². The summed E-state index contributed by atoms with van der Waals surface area (Å²) in [7, 11) is 0. The van der Waals surface area contributed by atoms with Crippen LogP contribution in [0.1, 0.15) is 81.4 Å². The minimum atomic E-state index is 0.0504. The molecule has 230 valence electrons. The maximum atomic E-state index is 2.73. The summed E-state index contributed by atoms with van der Waals surface area (Å²) < 4.78 is 0. The molecule has 1 spiro atoms. The van der Waals surface area contributed by atoms with Crippen molar-refractivity contribution in [2.45, 2.75) is 70.1 Å². The van der Waals surface area contributed by atoms with Gasteiger partial charge >= 0.3 is 0 Å². The molecule has 0 aromatic heterocycles. The molecule has 3 aliphatic heterocycles. The Balaban J connectivity index is 1.14. The van der Waals surface area contributed by atoms with Crippen molar-refractivity contribution in [3.8, 4) is 22.3 Å². The fourth-order valence-electron chi connectivity index (χ4n) is 12.9. The predicted octanol–water partition coefficient (Wildman–Crippen LogP) is 9.94. The minimum absolute atomic E-state index is 0.0504. The molecule has 0 saturated heterocycles. The van der Waals surface area contributed by atoms with E-state index in [2.05, 4.69) is 117 Å². The van der Waals surface area contributed by atoms with E-state index in [9.17, 15) is 0 Å². The summed E-state index contributed by atoms with van der Waals surface area (Å²) in [5.41, 5.74) is 19.8. The molecule has 4 aliphatic carbocycles. The quantitative estimate of drug-likeness (QED) is 0.166. The maximum absolute atomic E-state index is 2.73. The van der Waals surface area contributed by atoms with E-state index in [1.807, 2.05) is 0 Å². The van der Waals surface area contributed by atoms with E-state index in [4.69, 9.17) is 0 Å². The van der Waals surface area contributed by atoms with Crippen molar-refractivity contribution in [1.29, 1.82) is 0 Å². The molecule has 2 heteroatoms. The summed E-state index contributed by atoms with van der Waals surface area (Å²) in [6, 6.07) is 36.7. The van der Waals surface area contributed by atoms with Gasteiger partial charge in [-0.1, -0.05) is 105 Å². The van der Waals surface area contributed by atoms with Crippen LogP contribution in [-0.4, -0.2) is 6.71 Å². The second-order valence-electron chi connectivity index (χ2n) is 17.8. The summed E-state index contributed by atoms with van der Waals surface area (Å²) >= 11 is 0.